The number of nitrogens with zero attached hydrogens (tertiary/aromatic N) is 1. The van der Waals surface area contributed by atoms with E-state index in [0.717, 1.165) is 0 Å². The number of halogens is 3. The van der Waals surface area contributed by atoms with Crippen molar-refractivity contribution < 1.29 is 13.5 Å². The van der Waals surface area contributed by atoms with Crippen LogP contribution in [0.25, 0.3) is 0 Å². The normalized spacial score (nSPS) is 21.8. The third kappa shape index (κ3) is 4.48. The number of alkyl halides is 2. The number of ether oxygens (including phenoxy) is 1. The highest BCUT2D eigenvalue weighted by Crippen LogP contribution is 2.38. The van der Waals surface area contributed by atoms with Crippen LogP contribution in [0.1, 0.15) is 6.42 Å². The van der Waals surface area contributed by atoms with E-state index in [9.17, 15) is 8.78 Å². The van der Waals surface area contributed by atoms with Crippen molar-refractivity contribution in [2.75, 3.05) is 12.4 Å². The van der Waals surface area contributed by atoms with E-state index < -0.39 is 12.3 Å². The third-order valence-electron chi connectivity index (χ3n) is 2.78. The Bertz CT molecular complexity index is 456. The molecular formula is C12H16F2IN3O. The first-order valence-electron chi connectivity index (χ1n) is 5.62. The van der Waals surface area contributed by atoms with Gasteiger partial charge < -0.3 is 15.8 Å². The highest BCUT2D eigenvalue weighted by Gasteiger charge is 2.44. The molecule has 0 aromatic heterocycles. The summed E-state index contributed by atoms with van der Waals surface area (Å²) in [6.07, 6.45) is -1.92. The van der Waals surface area contributed by atoms with Gasteiger partial charge in [0.05, 0.1) is 13.2 Å². The Morgan fingerprint density at radius 2 is 2.26 bits per heavy atom. The molecule has 0 radical (unpaired) electrons. The largest absolute Gasteiger partial charge is 0.497 e. The van der Waals surface area contributed by atoms with Crippen LogP contribution in [0.15, 0.2) is 29.3 Å². The van der Waals surface area contributed by atoms with E-state index in [4.69, 9.17) is 10.5 Å². The number of nitrogens with two attached hydrogens (primary N) is 1. The molecule has 1 aromatic rings. The zero-order valence-electron chi connectivity index (χ0n) is 10.3. The fraction of sp³-hybridized carbons (Fsp3) is 0.417. The van der Waals surface area contributed by atoms with Crippen molar-refractivity contribution in [2.24, 2.45) is 16.6 Å². The van der Waals surface area contributed by atoms with E-state index in [0.29, 0.717) is 17.9 Å². The van der Waals surface area contributed by atoms with Gasteiger partial charge in [0.15, 0.2) is 5.96 Å². The van der Waals surface area contributed by atoms with Crippen molar-refractivity contribution in [3.63, 3.8) is 0 Å². The second-order valence-corrected chi connectivity index (χ2v) is 4.17. The lowest BCUT2D eigenvalue weighted by Gasteiger charge is -2.07. The van der Waals surface area contributed by atoms with Crippen molar-refractivity contribution in [3.05, 3.63) is 24.3 Å². The van der Waals surface area contributed by atoms with Crippen LogP contribution in [-0.2, 0) is 0 Å². The van der Waals surface area contributed by atoms with E-state index in [1.165, 1.54) is 0 Å². The van der Waals surface area contributed by atoms with Gasteiger partial charge in [-0.3, -0.25) is 0 Å². The van der Waals surface area contributed by atoms with Crippen LogP contribution in [0.4, 0.5) is 14.5 Å². The van der Waals surface area contributed by atoms with Crippen LogP contribution in [0.3, 0.4) is 0 Å². The Labute approximate surface area is 127 Å². The van der Waals surface area contributed by atoms with E-state index >= 15 is 0 Å². The molecule has 1 aromatic carbocycles. The van der Waals surface area contributed by atoms with Crippen LogP contribution in [-0.4, -0.2) is 25.5 Å². The highest BCUT2D eigenvalue weighted by molar-refractivity contribution is 14.0. The Kier molecular flexibility index (Phi) is 5.77. The van der Waals surface area contributed by atoms with Gasteiger partial charge in [-0.05, 0) is 18.6 Å². The number of methoxy groups -OCH3 is 1. The molecule has 2 atom stereocenters. The van der Waals surface area contributed by atoms with E-state index in [1.807, 2.05) is 0 Å². The topological polar surface area (TPSA) is 59.6 Å². The molecule has 1 fully saturated rings. The number of hydrogen-bond acceptors (Lipinski definition) is 2. The van der Waals surface area contributed by atoms with E-state index in [2.05, 4.69) is 10.3 Å². The maximum Gasteiger partial charge on any atom is 0.243 e. The van der Waals surface area contributed by atoms with Crippen molar-refractivity contribution in [2.45, 2.75) is 18.9 Å². The molecule has 7 heteroatoms. The predicted molar refractivity (Wildman–Crippen MR) is 81.6 cm³/mol. The first-order chi connectivity index (χ1) is 8.60. The van der Waals surface area contributed by atoms with Crippen molar-refractivity contribution in [3.8, 4) is 5.75 Å². The molecule has 0 spiro atoms. The minimum Gasteiger partial charge on any atom is -0.497 e. The lowest BCUT2D eigenvalue weighted by molar-refractivity contribution is 0.121. The first-order valence-corrected chi connectivity index (χ1v) is 5.62. The number of rotatable bonds is 4. The minimum absolute atomic E-state index is 0. The van der Waals surface area contributed by atoms with Gasteiger partial charge in [-0.1, -0.05) is 6.07 Å². The van der Waals surface area contributed by atoms with Gasteiger partial charge in [0.25, 0.3) is 0 Å². The standard InChI is InChI=1S/C12H15F2N3O.HI/c1-18-8-4-2-3-7(5-8)16-12(15)17-10-6-9(10)11(13)14;/h2-5,9-11H,6H2,1H3,(H3,15,16,17);1H/t9-,10-;/m0./s1. The fourth-order valence-electron chi connectivity index (χ4n) is 1.68. The smallest absolute Gasteiger partial charge is 0.243 e. The summed E-state index contributed by atoms with van der Waals surface area (Å²) in [7, 11) is 1.56. The summed E-state index contributed by atoms with van der Waals surface area (Å²) >= 11 is 0. The number of guanidine groups is 1. The SMILES string of the molecule is COc1cccc(NC(N)=N[C@H]2C[C@@H]2C(F)F)c1.I. The summed E-state index contributed by atoms with van der Waals surface area (Å²) in [5.41, 5.74) is 6.37. The average Bonchev–Trinajstić information content (AvgIpc) is 3.08. The number of nitrogens with one attached hydrogen (secondary N) is 1. The highest BCUT2D eigenvalue weighted by atomic mass is 127. The second kappa shape index (κ2) is 6.88. The Hall–Kier alpha value is -1.12. The third-order valence-corrected chi connectivity index (χ3v) is 2.78. The van der Waals surface area contributed by atoms with Crippen LogP contribution >= 0.6 is 24.0 Å². The van der Waals surface area contributed by atoms with Gasteiger partial charge in [0.2, 0.25) is 6.43 Å². The average molecular weight is 383 g/mol. The molecular weight excluding hydrogens is 367 g/mol. The number of aliphatic imine (C=N–C) groups is 1. The Balaban J connectivity index is 0.00000180. The van der Waals surface area contributed by atoms with Gasteiger partial charge in [0.1, 0.15) is 5.75 Å². The van der Waals surface area contributed by atoms with Gasteiger partial charge in [0, 0.05) is 17.7 Å². The summed E-state index contributed by atoms with van der Waals surface area (Å²) in [5.74, 6) is 0.191. The fourth-order valence-corrected chi connectivity index (χ4v) is 1.68. The lowest BCUT2D eigenvalue weighted by atomic mass is 10.3. The summed E-state index contributed by atoms with van der Waals surface area (Å²) in [4.78, 5) is 4.00. The molecule has 4 nitrogen and oxygen atoms in total. The molecule has 0 saturated heterocycles. The van der Waals surface area contributed by atoms with Crippen LogP contribution in [0, 0.1) is 5.92 Å². The van der Waals surface area contributed by atoms with Crippen molar-refractivity contribution in [1.29, 1.82) is 0 Å². The summed E-state index contributed by atoms with van der Waals surface area (Å²) in [5, 5.41) is 2.85. The van der Waals surface area contributed by atoms with Gasteiger partial charge in [-0.2, -0.15) is 0 Å². The lowest BCUT2D eigenvalue weighted by Crippen LogP contribution is -2.23. The molecule has 0 aliphatic heterocycles. The predicted octanol–water partition coefficient (Wildman–Crippen LogP) is 2.69. The number of hydrogen-bond donors (Lipinski definition) is 2. The van der Waals surface area contributed by atoms with E-state index in [-0.39, 0.29) is 36.0 Å². The first kappa shape index (κ1) is 15.9. The molecule has 1 aliphatic rings. The van der Waals surface area contributed by atoms with Crippen LogP contribution in [0.2, 0.25) is 0 Å². The van der Waals surface area contributed by atoms with Crippen LogP contribution < -0.4 is 15.8 Å². The summed E-state index contributed by atoms with van der Waals surface area (Å²) in [6, 6.07) is 6.78. The zero-order chi connectivity index (χ0) is 13.1. The second-order valence-electron chi connectivity index (χ2n) is 4.17. The molecule has 0 heterocycles. The molecule has 106 valence electrons. The summed E-state index contributed by atoms with van der Waals surface area (Å²) in [6.45, 7) is 0. The molecule has 19 heavy (non-hydrogen) atoms. The van der Waals surface area contributed by atoms with Gasteiger partial charge in [-0.15, -0.1) is 24.0 Å². The molecule has 0 unspecified atom stereocenters. The molecule has 3 N–H and O–H groups in total. The maximum absolute atomic E-state index is 12.3. The molecule has 1 aliphatic carbocycles. The summed E-state index contributed by atoms with van der Waals surface area (Å²) < 4.78 is 29.7. The zero-order valence-corrected chi connectivity index (χ0v) is 12.7. The molecule has 1 saturated carbocycles. The van der Waals surface area contributed by atoms with Gasteiger partial charge in [-0.25, -0.2) is 13.8 Å². The van der Waals surface area contributed by atoms with Crippen molar-refractivity contribution >= 4 is 35.6 Å². The quantitative estimate of drug-likeness (QED) is 0.478. The Morgan fingerprint density at radius 1 is 1.53 bits per heavy atom. The molecule has 2 rings (SSSR count). The van der Waals surface area contributed by atoms with Gasteiger partial charge >= 0.3 is 0 Å². The Morgan fingerprint density at radius 3 is 2.84 bits per heavy atom. The monoisotopic (exact) mass is 383 g/mol. The maximum atomic E-state index is 12.3. The number of benzene rings is 1. The van der Waals surface area contributed by atoms with Crippen molar-refractivity contribution in [1.82, 2.24) is 0 Å². The number of anilines is 1. The van der Waals surface area contributed by atoms with Crippen LogP contribution in [0.5, 0.6) is 5.75 Å². The molecule has 0 amide bonds. The van der Waals surface area contributed by atoms with E-state index in [1.54, 1.807) is 31.4 Å². The minimum atomic E-state index is -2.32. The molecule has 0 bridgehead atoms.